The van der Waals surface area contributed by atoms with Gasteiger partial charge in [0.25, 0.3) is 5.91 Å². The van der Waals surface area contributed by atoms with Gasteiger partial charge in [-0.2, -0.15) is 5.26 Å². The second kappa shape index (κ2) is 9.53. The van der Waals surface area contributed by atoms with Gasteiger partial charge < -0.3 is 19.7 Å². The highest BCUT2D eigenvalue weighted by Crippen LogP contribution is 2.30. The van der Waals surface area contributed by atoms with E-state index in [0.29, 0.717) is 6.42 Å². The van der Waals surface area contributed by atoms with Gasteiger partial charge in [0.05, 0.1) is 18.3 Å². The zero-order valence-electron chi connectivity index (χ0n) is 16.1. The van der Waals surface area contributed by atoms with E-state index < -0.39 is 32.7 Å². The molecule has 0 radical (unpaired) electrons. The minimum absolute atomic E-state index is 0.0864. The van der Waals surface area contributed by atoms with Crippen LogP contribution in [-0.2, 0) is 17.1 Å². The number of primary sulfonamides is 1. The number of halogens is 1. The van der Waals surface area contributed by atoms with Gasteiger partial charge in [-0.1, -0.05) is 6.08 Å². The monoisotopic (exact) mass is 436 g/mol. The molecule has 2 aromatic rings. The van der Waals surface area contributed by atoms with E-state index >= 15 is 0 Å². The number of aromatic nitrogens is 1. The lowest BCUT2D eigenvalue weighted by molar-refractivity contribution is 0.101. The van der Waals surface area contributed by atoms with Crippen LogP contribution in [0.3, 0.4) is 0 Å². The molecule has 0 saturated carbocycles. The molecule has 1 heterocycles. The number of hydrogen-bond donors (Lipinski definition) is 3. The van der Waals surface area contributed by atoms with Crippen LogP contribution in [0.1, 0.15) is 28.9 Å². The number of sulfonamides is 1. The van der Waals surface area contributed by atoms with E-state index in [-0.39, 0.29) is 35.7 Å². The van der Waals surface area contributed by atoms with E-state index in [1.165, 1.54) is 23.8 Å². The molecular formula is C19H21FN4O5S. The van der Waals surface area contributed by atoms with Crippen molar-refractivity contribution in [1.82, 2.24) is 4.57 Å². The number of carbonyl (C=O) groups is 1. The standard InChI is InChI=1S/C19H21FN4O5S/c1-3-4-14(25)7-8-29-18-16(30(22,27)28)11-24(2)17(18)19(26)23-13-5-6-15(20)12(9-13)10-21/h3,5-6,9,11,14,25H,1,4,7-8H2,2H3,(H,23,26)(H2,22,27,28)/t14-/m1/s1. The number of hydrogen-bond acceptors (Lipinski definition) is 6. The molecule has 0 fully saturated rings. The van der Waals surface area contributed by atoms with Gasteiger partial charge in [-0.05, 0) is 24.6 Å². The summed E-state index contributed by atoms with van der Waals surface area (Å²) >= 11 is 0. The highest BCUT2D eigenvalue weighted by Gasteiger charge is 2.28. The molecule has 4 N–H and O–H groups in total. The maximum atomic E-state index is 13.5. The van der Waals surface area contributed by atoms with Gasteiger partial charge >= 0.3 is 0 Å². The zero-order chi connectivity index (χ0) is 22.5. The van der Waals surface area contributed by atoms with Crippen LogP contribution < -0.4 is 15.2 Å². The third-order valence-corrected chi connectivity index (χ3v) is 5.01. The van der Waals surface area contributed by atoms with Crippen molar-refractivity contribution in [2.75, 3.05) is 11.9 Å². The molecule has 0 bridgehead atoms. The van der Waals surface area contributed by atoms with Gasteiger partial charge in [0.1, 0.15) is 16.8 Å². The Morgan fingerprint density at radius 2 is 2.23 bits per heavy atom. The summed E-state index contributed by atoms with van der Waals surface area (Å²) in [6, 6.07) is 5.08. The number of ether oxygens (including phenoxy) is 1. The molecule has 2 rings (SSSR count). The van der Waals surface area contributed by atoms with Gasteiger partial charge in [0.2, 0.25) is 10.0 Å². The van der Waals surface area contributed by atoms with Crippen molar-refractivity contribution in [2.24, 2.45) is 12.2 Å². The van der Waals surface area contributed by atoms with Crippen LogP contribution in [0.2, 0.25) is 0 Å². The van der Waals surface area contributed by atoms with E-state index in [4.69, 9.17) is 15.1 Å². The number of carbonyl (C=O) groups excluding carboxylic acids is 1. The minimum Gasteiger partial charge on any atom is -0.490 e. The number of nitrogens with two attached hydrogens (primary N) is 1. The molecule has 0 aliphatic rings. The first-order valence-corrected chi connectivity index (χ1v) is 10.3. The molecule has 9 nitrogen and oxygen atoms in total. The molecule has 11 heteroatoms. The first-order valence-electron chi connectivity index (χ1n) is 8.73. The number of nitriles is 1. The van der Waals surface area contributed by atoms with E-state index in [1.54, 1.807) is 6.07 Å². The highest BCUT2D eigenvalue weighted by molar-refractivity contribution is 7.89. The molecule has 0 aliphatic carbocycles. The van der Waals surface area contributed by atoms with E-state index in [2.05, 4.69) is 11.9 Å². The Morgan fingerprint density at radius 3 is 2.83 bits per heavy atom. The van der Waals surface area contributed by atoms with Crippen LogP contribution in [-0.4, -0.2) is 36.7 Å². The molecule has 30 heavy (non-hydrogen) atoms. The van der Waals surface area contributed by atoms with E-state index in [0.717, 1.165) is 18.3 Å². The average molecular weight is 436 g/mol. The average Bonchev–Trinajstić information content (AvgIpc) is 3.00. The quantitative estimate of drug-likeness (QED) is 0.509. The number of anilines is 1. The van der Waals surface area contributed by atoms with Gasteiger partial charge in [-0.3, -0.25) is 4.79 Å². The number of aliphatic hydroxyl groups excluding tert-OH is 1. The maximum Gasteiger partial charge on any atom is 0.276 e. The molecular weight excluding hydrogens is 415 g/mol. The molecule has 1 atom stereocenters. The Bertz CT molecular complexity index is 1100. The number of amides is 1. The molecule has 160 valence electrons. The number of benzene rings is 1. The molecule has 1 aromatic heterocycles. The Kier molecular flexibility index (Phi) is 7.33. The van der Waals surface area contributed by atoms with Crippen LogP contribution in [0.4, 0.5) is 10.1 Å². The van der Waals surface area contributed by atoms with E-state index in [1.807, 2.05) is 0 Å². The van der Waals surface area contributed by atoms with Crippen LogP contribution >= 0.6 is 0 Å². The molecule has 0 aliphatic heterocycles. The van der Waals surface area contributed by atoms with Crippen molar-refractivity contribution in [1.29, 1.82) is 5.26 Å². The molecule has 0 saturated heterocycles. The van der Waals surface area contributed by atoms with Gasteiger partial charge in [0.15, 0.2) is 11.4 Å². The summed E-state index contributed by atoms with van der Waals surface area (Å²) in [5.74, 6) is -1.77. The largest absolute Gasteiger partial charge is 0.490 e. The SMILES string of the molecule is C=CC[C@@H](O)CCOc1c(S(N)(=O)=O)cn(C)c1C(=O)Nc1ccc(F)c(C#N)c1. The third kappa shape index (κ3) is 5.44. The number of aliphatic hydroxyl groups is 1. The summed E-state index contributed by atoms with van der Waals surface area (Å²) < 4.78 is 44.1. The van der Waals surface area contributed by atoms with Crippen molar-refractivity contribution >= 4 is 21.6 Å². The highest BCUT2D eigenvalue weighted by atomic mass is 32.2. The van der Waals surface area contributed by atoms with Crippen LogP contribution in [0, 0.1) is 17.1 Å². The third-order valence-electron chi connectivity index (χ3n) is 4.10. The van der Waals surface area contributed by atoms with Gasteiger partial charge in [-0.15, -0.1) is 6.58 Å². The Hall–Kier alpha value is -3.20. The molecule has 1 aromatic carbocycles. The van der Waals surface area contributed by atoms with Crippen molar-refractivity contribution < 1.29 is 27.4 Å². The Labute approximate surface area is 173 Å². The van der Waals surface area contributed by atoms with Crippen molar-refractivity contribution in [2.45, 2.75) is 23.8 Å². The second-order valence-corrected chi connectivity index (χ2v) is 7.93. The fourth-order valence-corrected chi connectivity index (χ4v) is 3.39. The smallest absolute Gasteiger partial charge is 0.276 e. The Morgan fingerprint density at radius 1 is 1.53 bits per heavy atom. The second-order valence-electron chi connectivity index (χ2n) is 6.40. The summed E-state index contributed by atoms with van der Waals surface area (Å²) in [7, 11) is -2.79. The number of rotatable bonds is 9. The molecule has 0 spiro atoms. The number of nitrogens with zero attached hydrogens (tertiary/aromatic N) is 2. The van der Waals surface area contributed by atoms with Crippen molar-refractivity contribution in [3.63, 3.8) is 0 Å². The minimum atomic E-state index is -4.22. The predicted octanol–water partition coefficient (Wildman–Crippen LogP) is 1.64. The van der Waals surface area contributed by atoms with Crippen molar-refractivity contribution in [3.05, 3.63) is 54.1 Å². The number of aryl methyl sites for hydroxylation is 1. The normalized spacial score (nSPS) is 12.1. The predicted molar refractivity (Wildman–Crippen MR) is 107 cm³/mol. The first-order chi connectivity index (χ1) is 14.1. The summed E-state index contributed by atoms with van der Waals surface area (Å²) in [4.78, 5) is 12.4. The van der Waals surface area contributed by atoms with Crippen molar-refractivity contribution in [3.8, 4) is 11.8 Å². The topological polar surface area (TPSA) is 147 Å². The Balaban J connectivity index is 2.36. The fourth-order valence-electron chi connectivity index (χ4n) is 2.67. The number of nitrogens with one attached hydrogen (secondary N) is 1. The fraction of sp³-hybridized carbons (Fsp3) is 0.263. The van der Waals surface area contributed by atoms with Gasteiger partial charge in [-0.25, -0.2) is 17.9 Å². The van der Waals surface area contributed by atoms with Crippen LogP contribution in [0.15, 0.2) is 41.9 Å². The maximum absolute atomic E-state index is 13.5. The molecule has 0 unspecified atom stereocenters. The lowest BCUT2D eigenvalue weighted by Crippen LogP contribution is -2.19. The van der Waals surface area contributed by atoms with Crippen LogP contribution in [0.25, 0.3) is 0 Å². The van der Waals surface area contributed by atoms with Gasteiger partial charge in [0, 0.05) is 25.4 Å². The first kappa shape index (κ1) is 23.1. The lowest BCUT2D eigenvalue weighted by atomic mass is 10.2. The summed E-state index contributed by atoms with van der Waals surface area (Å²) in [6.45, 7) is 3.43. The van der Waals surface area contributed by atoms with Crippen LogP contribution in [0.5, 0.6) is 5.75 Å². The van der Waals surface area contributed by atoms with E-state index in [9.17, 15) is 22.7 Å². The summed E-state index contributed by atoms with van der Waals surface area (Å²) in [6.07, 6.45) is 2.39. The summed E-state index contributed by atoms with van der Waals surface area (Å²) in [5.41, 5.74) is -0.290. The molecule has 1 amide bonds. The lowest BCUT2D eigenvalue weighted by Gasteiger charge is -2.13. The summed E-state index contributed by atoms with van der Waals surface area (Å²) in [5, 5.41) is 26.4. The zero-order valence-corrected chi connectivity index (χ0v) is 16.9.